The Morgan fingerprint density at radius 3 is 2.65 bits per heavy atom. The van der Waals surface area contributed by atoms with Gasteiger partial charge in [0, 0.05) is 18.5 Å². The average molecular weight is 358 g/mol. The molecule has 0 fully saturated rings. The number of anilines is 2. The first-order valence-electron chi connectivity index (χ1n) is 7.41. The highest BCUT2D eigenvalue weighted by Crippen LogP contribution is 2.16. The number of nitrogens with one attached hydrogen (secondary N) is 4. The summed E-state index contributed by atoms with van der Waals surface area (Å²) in [5.41, 5.74) is 6.84. The van der Waals surface area contributed by atoms with Gasteiger partial charge in [-0.15, -0.1) is 0 Å². The van der Waals surface area contributed by atoms with E-state index in [1.54, 1.807) is 18.2 Å². The maximum absolute atomic E-state index is 12.1. The standard InChI is InChI=1S/C14H14N8O4/c15-12(24)11-13(19-14(25)26)18-9(17-11)3-4-10(23)16-6-1-2-7-8(5-6)21-22-20-7/h1-2,5,19H,3-4H2,(H2,15,24)(H,16,23)(H,17,18)(H,25,26)(H,20,21,22). The number of hydrogen-bond acceptors (Lipinski definition) is 6. The molecule has 0 saturated carbocycles. The predicted molar refractivity (Wildman–Crippen MR) is 89.6 cm³/mol. The van der Waals surface area contributed by atoms with Gasteiger partial charge in [0.25, 0.3) is 5.91 Å². The fourth-order valence-electron chi connectivity index (χ4n) is 2.28. The van der Waals surface area contributed by atoms with Crippen molar-refractivity contribution in [1.82, 2.24) is 25.4 Å². The number of nitrogens with two attached hydrogens (primary N) is 1. The van der Waals surface area contributed by atoms with Gasteiger partial charge in [-0.2, -0.15) is 15.4 Å². The Kier molecular flexibility index (Phi) is 4.47. The molecule has 1 aromatic carbocycles. The van der Waals surface area contributed by atoms with Gasteiger partial charge in [0.2, 0.25) is 5.91 Å². The van der Waals surface area contributed by atoms with Crippen molar-refractivity contribution in [3.8, 4) is 0 Å². The monoisotopic (exact) mass is 358 g/mol. The zero-order chi connectivity index (χ0) is 18.7. The summed E-state index contributed by atoms with van der Waals surface area (Å²) >= 11 is 0. The molecule has 0 aliphatic heterocycles. The molecule has 2 heterocycles. The van der Waals surface area contributed by atoms with E-state index in [4.69, 9.17) is 10.8 Å². The number of aromatic amines is 2. The van der Waals surface area contributed by atoms with E-state index in [-0.39, 0.29) is 36.1 Å². The molecule has 0 atom stereocenters. The summed E-state index contributed by atoms with van der Waals surface area (Å²) < 4.78 is 0. The van der Waals surface area contributed by atoms with E-state index in [2.05, 4.69) is 30.7 Å². The molecule has 0 saturated heterocycles. The quantitative estimate of drug-likeness (QED) is 0.368. The Labute approximate surface area is 145 Å². The molecular formula is C14H14N8O4. The highest BCUT2D eigenvalue weighted by molar-refractivity contribution is 5.99. The molecule has 26 heavy (non-hydrogen) atoms. The SMILES string of the molecule is NC(=O)c1[nH]c(CCC(=O)Nc2ccc3n[nH]nc3c2)nc1NC(=O)O. The number of carbonyl (C=O) groups excluding carboxylic acids is 2. The Bertz CT molecular complexity index is 992. The minimum atomic E-state index is -1.38. The molecule has 0 unspecified atom stereocenters. The van der Waals surface area contributed by atoms with Crippen LogP contribution in [0, 0.1) is 0 Å². The van der Waals surface area contributed by atoms with Gasteiger partial charge in [-0.25, -0.2) is 9.78 Å². The summed E-state index contributed by atoms with van der Waals surface area (Å²) in [6.45, 7) is 0. The number of nitrogens with zero attached hydrogens (tertiary/aromatic N) is 3. The van der Waals surface area contributed by atoms with Crippen LogP contribution < -0.4 is 16.4 Å². The van der Waals surface area contributed by atoms with Crippen molar-refractivity contribution in [2.45, 2.75) is 12.8 Å². The van der Waals surface area contributed by atoms with E-state index in [1.807, 2.05) is 5.32 Å². The van der Waals surface area contributed by atoms with Crippen molar-refractivity contribution < 1.29 is 19.5 Å². The smallest absolute Gasteiger partial charge is 0.410 e. The third kappa shape index (κ3) is 3.75. The summed E-state index contributed by atoms with van der Waals surface area (Å²) in [5, 5.41) is 23.7. The number of rotatable bonds is 6. The van der Waals surface area contributed by atoms with Gasteiger partial charge in [0.1, 0.15) is 22.6 Å². The van der Waals surface area contributed by atoms with Gasteiger partial charge >= 0.3 is 6.09 Å². The lowest BCUT2D eigenvalue weighted by molar-refractivity contribution is -0.116. The largest absolute Gasteiger partial charge is 0.465 e. The van der Waals surface area contributed by atoms with Crippen LogP contribution in [0.25, 0.3) is 11.0 Å². The average Bonchev–Trinajstić information content (AvgIpc) is 3.18. The number of hydrogen-bond donors (Lipinski definition) is 6. The molecule has 0 spiro atoms. The second-order valence-electron chi connectivity index (χ2n) is 5.28. The van der Waals surface area contributed by atoms with E-state index in [9.17, 15) is 14.4 Å². The Morgan fingerprint density at radius 1 is 1.15 bits per heavy atom. The van der Waals surface area contributed by atoms with Crippen LogP contribution in [-0.2, 0) is 11.2 Å². The molecule has 12 nitrogen and oxygen atoms in total. The van der Waals surface area contributed by atoms with Gasteiger partial charge in [-0.1, -0.05) is 0 Å². The normalized spacial score (nSPS) is 10.6. The first-order valence-corrected chi connectivity index (χ1v) is 7.41. The first kappa shape index (κ1) is 16.9. The molecule has 134 valence electrons. The lowest BCUT2D eigenvalue weighted by Crippen LogP contribution is -2.16. The number of primary amides is 1. The number of fused-ring (bicyclic) bond motifs is 1. The Hall–Kier alpha value is -3.96. The Morgan fingerprint density at radius 2 is 1.92 bits per heavy atom. The van der Waals surface area contributed by atoms with Crippen molar-refractivity contribution in [2.24, 2.45) is 5.73 Å². The van der Waals surface area contributed by atoms with Crippen LogP contribution in [0.2, 0.25) is 0 Å². The van der Waals surface area contributed by atoms with Gasteiger partial charge in [-0.05, 0) is 18.2 Å². The maximum atomic E-state index is 12.1. The van der Waals surface area contributed by atoms with Crippen LogP contribution in [0.3, 0.4) is 0 Å². The molecule has 3 rings (SSSR count). The van der Waals surface area contributed by atoms with Crippen LogP contribution in [0.4, 0.5) is 16.3 Å². The highest BCUT2D eigenvalue weighted by atomic mass is 16.4. The van der Waals surface area contributed by atoms with Crippen LogP contribution in [0.1, 0.15) is 22.7 Å². The minimum absolute atomic E-state index is 0.0507. The van der Waals surface area contributed by atoms with Crippen molar-refractivity contribution >= 4 is 40.4 Å². The van der Waals surface area contributed by atoms with Gasteiger partial charge in [0.05, 0.1) is 0 Å². The third-order valence-corrected chi connectivity index (χ3v) is 3.41. The van der Waals surface area contributed by atoms with Gasteiger partial charge < -0.3 is 21.1 Å². The van der Waals surface area contributed by atoms with Crippen LogP contribution in [-0.4, -0.2) is 48.4 Å². The predicted octanol–water partition coefficient (Wildman–Crippen LogP) is 0.441. The van der Waals surface area contributed by atoms with Crippen LogP contribution in [0.5, 0.6) is 0 Å². The number of aryl methyl sites for hydroxylation is 1. The second-order valence-corrected chi connectivity index (χ2v) is 5.28. The van der Waals surface area contributed by atoms with Gasteiger partial charge in [-0.3, -0.25) is 14.9 Å². The van der Waals surface area contributed by atoms with Crippen molar-refractivity contribution in [3.63, 3.8) is 0 Å². The number of carbonyl (C=O) groups is 3. The number of aromatic nitrogens is 5. The molecular weight excluding hydrogens is 344 g/mol. The zero-order valence-electron chi connectivity index (χ0n) is 13.2. The topological polar surface area (TPSA) is 192 Å². The number of imidazole rings is 1. The van der Waals surface area contributed by atoms with E-state index in [1.165, 1.54) is 0 Å². The molecule has 3 aromatic rings. The molecule has 12 heteroatoms. The number of benzene rings is 1. The molecule has 0 aliphatic carbocycles. The molecule has 2 aromatic heterocycles. The summed E-state index contributed by atoms with van der Waals surface area (Å²) in [6, 6.07) is 5.07. The molecule has 0 aliphatic rings. The second kappa shape index (κ2) is 6.88. The number of carboxylic acid groups (broad SMARTS) is 1. The van der Waals surface area contributed by atoms with Gasteiger partial charge in [0.15, 0.2) is 5.82 Å². The fraction of sp³-hybridized carbons (Fsp3) is 0.143. The summed E-state index contributed by atoms with van der Waals surface area (Å²) in [5.74, 6) is -1.10. The van der Waals surface area contributed by atoms with Crippen molar-refractivity contribution in [3.05, 3.63) is 29.7 Å². The van der Waals surface area contributed by atoms with Crippen LogP contribution >= 0.6 is 0 Å². The molecule has 0 radical (unpaired) electrons. The maximum Gasteiger partial charge on any atom is 0.410 e. The van der Waals surface area contributed by atoms with Crippen LogP contribution in [0.15, 0.2) is 18.2 Å². The van der Waals surface area contributed by atoms with E-state index < -0.39 is 12.0 Å². The molecule has 7 N–H and O–H groups in total. The fourth-order valence-corrected chi connectivity index (χ4v) is 2.28. The van der Waals surface area contributed by atoms with E-state index >= 15 is 0 Å². The first-order chi connectivity index (χ1) is 12.4. The summed E-state index contributed by atoms with van der Waals surface area (Å²) in [6.07, 6.45) is -1.18. The van der Waals surface area contributed by atoms with Crippen molar-refractivity contribution in [1.29, 1.82) is 0 Å². The molecule has 3 amide bonds. The van der Waals surface area contributed by atoms with E-state index in [0.717, 1.165) is 0 Å². The molecule has 0 bridgehead atoms. The summed E-state index contributed by atoms with van der Waals surface area (Å²) in [7, 11) is 0. The third-order valence-electron chi connectivity index (χ3n) is 3.41. The summed E-state index contributed by atoms with van der Waals surface area (Å²) in [4.78, 5) is 40.6. The highest BCUT2D eigenvalue weighted by Gasteiger charge is 2.17. The Balaban J connectivity index is 1.63. The number of amides is 3. The lowest BCUT2D eigenvalue weighted by Gasteiger charge is -2.04. The lowest BCUT2D eigenvalue weighted by atomic mass is 10.2. The van der Waals surface area contributed by atoms with Crippen molar-refractivity contribution in [2.75, 3.05) is 10.6 Å². The number of H-pyrrole nitrogens is 2. The minimum Gasteiger partial charge on any atom is -0.465 e. The zero-order valence-corrected chi connectivity index (χ0v) is 13.2. The van der Waals surface area contributed by atoms with E-state index in [0.29, 0.717) is 16.7 Å².